The average Bonchev–Trinajstić information content (AvgIpc) is 3.07. The highest BCUT2D eigenvalue weighted by Crippen LogP contribution is 2.37. The predicted octanol–water partition coefficient (Wildman–Crippen LogP) is 3.49. The number of likely N-dealkylation sites (tertiary alicyclic amines) is 1. The van der Waals surface area contributed by atoms with Gasteiger partial charge >= 0.3 is 5.97 Å². The van der Waals surface area contributed by atoms with Gasteiger partial charge in [-0.25, -0.2) is 4.39 Å². The molecule has 126 valence electrons. The number of amides is 1. The first-order chi connectivity index (χ1) is 11.6. The van der Waals surface area contributed by atoms with Crippen LogP contribution < -0.4 is 0 Å². The quantitative estimate of drug-likeness (QED) is 0.901. The maximum Gasteiger partial charge on any atom is 0.308 e. The second kappa shape index (κ2) is 7.13. The lowest BCUT2D eigenvalue weighted by atomic mass is 9.85. The number of carboxylic acid groups (broad SMARTS) is 1. The van der Waals surface area contributed by atoms with Crippen LogP contribution in [-0.4, -0.2) is 28.4 Å². The number of benzene rings is 1. The topological polar surface area (TPSA) is 57.6 Å². The van der Waals surface area contributed by atoms with Gasteiger partial charge < -0.3 is 10.0 Å². The zero-order chi connectivity index (χ0) is 17.1. The summed E-state index contributed by atoms with van der Waals surface area (Å²) in [6, 6.07) is 7.69. The molecular weight excluding hydrogens is 329 g/mol. The van der Waals surface area contributed by atoms with Crippen molar-refractivity contribution in [3.05, 3.63) is 58.0 Å². The zero-order valence-electron chi connectivity index (χ0n) is 13.0. The number of hydrogen-bond acceptors (Lipinski definition) is 3. The monoisotopic (exact) mass is 347 g/mol. The Bertz CT molecular complexity index is 732. The Kier molecular flexibility index (Phi) is 4.94. The first-order valence-electron chi connectivity index (χ1n) is 7.85. The summed E-state index contributed by atoms with van der Waals surface area (Å²) in [6.07, 6.45) is 1.09. The van der Waals surface area contributed by atoms with E-state index in [1.807, 2.05) is 22.9 Å². The van der Waals surface area contributed by atoms with Crippen LogP contribution in [0.15, 0.2) is 41.1 Å². The van der Waals surface area contributed by atoms with Crippen molar-refractivity contribution in [3.63, 3.8) is 0 Å². The number of carbonyl (C=O) groups excluding carboxylic acids is 1. The number of carbonyl (C=O) groups is 2. The summed E-state index contributed by atoms with van der Waals surface area (Å²) < 4.78 is 13.3. The molecule has 0 aliphatic carbocycles. The SMILES string of the molecule is O=C(O)[C@H]1CCC(=O)N(CCc2cccc(F)c2)[C@H]1c1ccsc1. The lowest BCUT2D eigenvalue weighted by Crippen LogP contribution is -2.46. The predicted molar refractivity (Wildman–Crippen MR) is 89.2 cm³/mol. The molecular formula is C18H18FNO3S. The van der Waals surface area contributed by atoms with Gasteiger partial charge in [0.2, 0.25) is 5.91 Å². The normalized spacial score (nSPS) is 21.0. The van der Waals surface area contributed by atoms with E-state index in [-0.39, 0.29) is 18.1 Å². The highest BCUT2D eigenvalue weighted by atomic mass is 32.1. The molecule has 24 heavy (non-hydrogen) atoms. The molecule has 1 aromatic carbocycles. The number of rotatable bonds is 5. The minimum Gasteiger partial charge on any atom is -0.481 e. The summed E-state index contributed by atoms with van der Waals surface area (Å²) in [6.45, 7) is 0.382. The van der Waals surface area contributed by atoms with Crippen LogP contribution in [0.4, 0.5) is 4.39 Å². The van der Waals surface area contributed by atoms with Crippen molar-refractivity contribution in [1.29, 1.82) is 0 Å². The van der Waals surface area contributed by atoms with E-state index in [2.05, 4.69) is 0 Å². The third-order valence-electron chi connectivity index (χ3n) is 4.44. The molecule has 2 atom stereocenters. The highest BCUT2D eigenvalue weighted by Gasteiger charge is 2.40. The van der Waals surface area contributed by atoms with Crippen molar-refractivity contribution < 1.29 is 19.1 Å². The molecule has 0 radical (unpaired) electrons. The number of hydrogen-bond donors (Lipinski definition) is 1. The van der Waals surface area contributed by atoms with Crippen LogP contribution in [0, 0.1) is 11.7 Å². The molecule has 0 saturated carbocycles. The van der Waals surface area contributed by atoms with Crippen molar-refractivity contribution in [2.45, 2.75) is 25.3 Å². The standard InChI is InChI=1S/C18H18FNO3S/c19-14-3-1-2-12(10-14)6-8-20-16(21)5-4-15(18(22)23)17(20)13-7-9-24-11-13/h1-3,7,9-11,15,17H,4-6,8H2,(H,22,23)/t15-,17-/m0/s1. The van der Waals surface area contributed by atoms with Gasteiger partial charge in [0, 0.05) is 13.0 Å². The number of halogens is 1. The van der Waals surface area contributed by atoms with Crippen molar-refractivity contribution in [2.75, 3.05) is 6.54 Å². The van der Waals surface area contributed by atoms with Crippen LogP contribution in [0.1, 0.15) is 30.0 Å². The number of nitrogens with zero attached hydrogens (tertiary/aromatic N) is 1. The summed E-state index contributed by atoms with van der Waals surface area (Å²) in [7, 11) is 0. The Morgan fingerprint density at radius 1 is 1.38 bits per heavy atom. The molecule has 1 saturated heterocycles. The van der Waals surface area contributed by atoms with Gasteiger partial charge in [0.1, 0.15) is 5.82 Å². The fourth-order valence-corrected chi connectivity index (χ4v) is 3.96. The van der Waals surface area contributed by atoms with Crippen LogP contribution >= 0.6 is 11.3 Å². The van der Waals surface area contributed by atoms with E-state index in [0.717, 1.165) is 11.1 Å². The minimum atomic E-state index is -0.880. The molecule has 0 bridgehead atoms. The summed E-state index contributed by atoms with van der Waals surface area (Å²) >= 11 is 1.49. The number of piperidine rings is 1. The van der Waals surface area contributed by atoms with Gasteiger partial charge in [0.05, 0.1) is 12.0 Å². The number of aliphatic carboxylic acids is 1. The van der Waals surface area contributed by atoms with E-state index in [9.17, 15) is 19.1 Å². The van der Waals surface area contributed by atoms with E-state index in [4.69, 9.17) is 0 Å². The molecule has 4 nitrogen and oxygen atoms in total. The largest absolute Gasteiger partial charge is 0.481 e. The summed E-state index contributed by atoms with van der Waals surface area (Å²) in [5.74, 6) is -1.84. The van der Waals surface area contributed by atoms with E-state index in [1.54, 1.807) is 11.0 Å². The first kappa shape index (κ1) is 16.6. The highest BCUT2D eigenvalue weighted by molar-refractivity contribution is 7.08. The van der Waals surface area contributed by atoms with Crippen LogP contribution in [0.2, 0.25) is 0 Å². The Hall–Kier alpha value is -2.21. The van der Waals surface area contributed by atoms with Crippen molar-refractivity contribution in [3.8, 4) is 0 Å². The smallest absolute Gasteiger partial charge is 0.308 e. The summed E-state index contributed by atoms with van der Waals surface area (Å²) in [5, 5.41) is 13.3. The van der Waals surface area contributed by atoms with Crippen molar-refractivity contribution in [1.82, 2.24) is 4.90 Å². The fourth-order valence-electron chi connectivity index (χ4n) is 3.27. The van der Waals surface area contributed by atoms with E-state index in [1.165, 1.54) is 23.5 Å². The maximum atomic E-state index is 13.3. The van der Waals surface area contributed by atoms with Gasteiger partial charge in [-0.3, -0.25) is 9.59 Å². The Morgan fingerprint density at radius 3 is 2.88 bits per heavy atom. The Balaban J connectivity index is 1.84. The third-order valence-corrected chi connectivity index (χ3v) is 5.14. The molecule has 1 fully saturated rings. The fraction of sp³-hybridized carbons (Fsp3) is 0.333. The first-order valence-corrected chi connectivity index (χ1v) is 8.79. The van der Waals surface area contributed by atoms with Gasteiger partial charge in [0.15, 0.2) is 0 Å². The van der Waals surface area contributed by atoms with Crippen LogP contribution in [0.5, 0.6) is 0 Å². The van der Waals surface area contributed by atoms with E-state index < -0.39 is 17.9 Å². The minimum absolute atomic E-state index is 0.0416. The van der Waals surface area contributed by atoms with Crippen molar-refractivity contribution in [2.24, 2.45) is 5.92 Å². The molecule has 0 unspecified atom stereocenters. The number of carboxylic acids is 1. The van der Waals surface area contributed by atoms with Gasteiger partial charge in [-0.1, -0.05) is 12.1 Å². The second-order valence-electron chi connectivity index (χ2n) is 5.95. The molecule has 1 N–H and O–H groups in total. The average molecular weight is 347 g/mol. The molecule has 3 rings (SSSR count). The Labute approximate surface area is 143 Å². The van der Waals surface area contributed by atoms with Crippen molar-refractivity contribution >= 4 is 23.2 Å². The van der Waals surface area contributed by atoms with Crippen LogP contribution in [0.3, 0.4) is 0 Å². The maximum absolute atomic E-state index is 13.3. The lowest BCUT2D eigenvalue weighted by molar-refractivity contribution is -0.152. The van der Waals surface area contributed by atoms with Gasteiger partial charge in [0.25, 0.3) is 0 Å². The van der Waals surface area contributed by atoms with E-state index >= 15 is 0 Å². The molecule has 2 heterocycles. The van der Waals surface area contributed by atoms with Crippen LogP contribution in [-0.2, 0) is 16.0 Å². The molecule has 6 heteroatoms. The molecule has 1 aliphatic rings. The Morgan fingerprint density at radius 2 is 2.21 bits per heavy atom. The molecule has 1 amide bonds. The second-order valence-corrected chi connectivity index (χ2v) is 6.73. The van der Waals surface area contributed by atoms with Crippen LogP contribution in [0.25, 0.3) is 0 Å². The third kappa shape index (κ3) is 3.48. The molecule has 2 aromatic rings. The molecule has 1 aromatic heterocycles. The van der Waals surface area contributed by atoms with Gasteiger partial charge in [-0.2, -0.15) is 11.3 Å². The summed E-state index contributed by atoms with van der Waals surface area (Å²) in [5.41, 5.74) is 1.66. The lowest BCUT2D eigenvalue weighted by Gasteiger charge is -2.39. The number of thiophene rings is 1. The van der Waals surface area contributed by atoms with E-state index in [0.29, 0.717) is 19.4 Å². The zero-order valence-corrected chi connectivity index (χ0v) is 13.8. The molecule has 0 spiro atoms. The molecule has 1 aliphatic heterocycles. The van der Waals surface area contributed by atoms with Gasteiger partial charge in [-0.15, -0.1) is 0 Å². The summed E-state index contributed by atoms with van der Waals surface area (Å²) in [4.78, 5) is 25.7. The van der Waals surface area contributed by atoms with Gasteiger partial charge in [-0.05, 0) is 52.9 Å².